The van der Waals surface area contributed by atoms with Gasteiger partial charge in [-0.05, 0) is 47.6 Å². The predicted octanol–water partition coefficient (Wildman–Crippen LogP) is 4.28. The Hall–Kier alpha value is -2.15. The van der Waals surface area contributed by atoms with Gasteiger partial charge in [-0.3, -0.25) is 0 Å². The van der Waals surface area contributed by atoms with E-state index in [1.165, 1.54) is 0 Å². The normalized spacial score (nSPS) is 16.7. The van der Waals surface area contributed by atoms with Gasteiger partial charge in [0.1, 0.15) is 17.5 Å². The van der Waals surface area contributed by atoms with E-state index in [1.54, 1.807) is 13.1 Å². The van der Waals surface area contributed by atoms with Gasteiger partial charge in [-0.1, -0.05) is 6.92 Å². The van der Waals surface area contributed by atoms with Crippen LogP contribution in [0.5, 0.6) is 0 Å². The molecule has 0 aliphatic heterocycles. The largest absolute Gasteiger partial charge is 0.383 e. The van der Waals surface area contributed by atoms with E-state index in [4.69, 9.17) is 12.2 Å². The van der Waals surface area contributed by atoms with Crippen LogP contribution in [0, 0.1) is 18.3 Å². The van der Waals surface area contributed by atoms with Crippen LogP contribution in [0.25, 0.3) is 0 Å². The van der Waals surface area contributed by atoms with Gasteiger partial charge in [0, 0.05) is 25.5 Å². The molecule has 2 N–H and O–H groups in total. The van der Waals surface area contributed by atoms with E-state index in [1.807, 2.05) is 13.0 Å². The Balaban J connectivity index is 2.27. The third kappa shape index (κ3) is 3.36. The first-order valence-corrected chi connectivity index (χ1v) is 7.35. The molecule has 0 fully saturated rings. The first-order chi connectivity index (χ1) is 10.4. The molecule has 2 nitrogen and oxygen atoms in total. The van der Waals surface area contributed by atoms with Crippen LogP contribution in [0.15, 0.2) is 35.1 Å². The molecule has 0 saturated heterocycles. The second kappa shape index (κ2) is 6.74. The zero-order chi connectivity index (χ0) is 16.3. The van der Waals surface area contributed by atoms with Crippen molar-refractivity contribution >= 4 is 5.82 Å². The highest BCUT2D eigenvalue weighted by Crippen LogP contribution is 2.37. The summed E-state index contributed by atoms with van der Waals surface area (Å²) in [5.74, 6) is 2.35. The molecule has 0 amide bonds. The fourth-order valence-corrected chi connectivity index (χ4v) is 2.91. The van der Waals surface area contributed by atoms with Crippen molar-refractivity contribution in [1.82, 2.24) is 4.98 Å². The number of aromatic nitrogens is 1. The number of nitrogens with zero attached hydrogens (tertiary/aromatic N) is 1. The van der Waals surface area contributed by atoms with Crippen LogP contribution in [-0.4, -0.2) is 4.98 Å². The third-order valence-electron chi connectivity index (χ3n) is 4.05. The van der Waals surface area contributed by atoms with Crippen molar-refractivity contribution in [2.24, 2.45) is 5.92 Å². The van der Waals surface area contributed by atoms with Gasteiger partial charge < -0.3 is 5.73 Å². The van der Waals surface area contributed by atoms with Crippen LogP contribution >= 0.6 is 0 Å². The number of hydrogen-bond acceptors (Lipinski definition) is 2. The van der Waals surface area contributed by atoms with Crippen molar-refractivity contribution in [2.45, 2.75) is 39.5 Å². The van der Waals surface area contributed by atoms with Crippen molar-refractivity contribution < 1.29 is 8.78 Å². The smallest absolute Gasteiger partial charge is 0.126 e. The van der Waals surface area contributed by atoms with Gasteiger partial charge in [0.15, 0.2) is 0 Å². The van der Waals surface area contributed by atoms with Crippen molar-refractivity contribution in [3.8, 4) is 12.3 Å². The van der Waals surface area contributed by atoms with E-state index >= 15 is 0 Å². The van der Waals surface area contributed by atoms with Gasteiger partial charge in [-0.15, -0.1) is 12.3 Å². The maximum absolute atomic E-state index is 14.1. The molecule has 0 radical (unpaired) electrons. The molecular formula is C18H20F2N2. The Morgan fingerprint density at radius 1 is 1.36 bits per heavy atom. The molecule has 22 heavy (non-hydrogen) atoms. The first kappa shape index (κ1) is 16.2. The molecule has 0 saturated carbocycles. The van der Waals surface area contributed by atoms with Crippen molar-refractivity contribution in [1.29, 1.82) is 0 Å². The van der Waals surface area contributed by atoms with Gasteiger partial charge in [0.05, 0.1) is 0 Å². The minimum atomic E-state index is -0.226. The van der Waals surface area contributed by atoms with E-state index in [0.29, 0.717) is 29.8 Å². The summed E-state index contributed by atoms with van der Waals surface area (Å²) in [6, 6.07) is 1.90. The lowest BCUT2D eigenvalue weighted by Gasteiger charge is -2.23. The molecule has 116 valence electrons. The number of nitrogens with two attached hydrogens (primary N) is 1. The number of rotatable bonds is 4. The zero-order valence-corrected chi connectivity index (χ0v) is 12.9. The van der Waals surface area contributed by atoms with Crippen LogP contribution in [0.3, 0.4) is 0 Å². The summed E-state index contributed by atoms with van der Waals surface area (Å²) in [7, 11) is 0. The number of nitrogen functional groups attached to an aromatic ring is 1. The number of allylic oxidation sites excluding steroid dienone is 4. The summed E-state index contributed by atoms with van der Waals surface area (Å²) in [4.78, 5) is 4.14. The lowest BCUT2D eigenvalue weighted by molar-refractivity contribution is 0.485. The minimum absolute atomic E-state index is 0.133. The highest BCUT2D eigenvalue weighted by Gasteiger charge is 2.24. The van der Waals surface area contributed by atoms with E-state index in [-0.39, 0.29) is 30.4 Å². The summed E-state index contributed by atoms with van der Waals surface area (Å²) in [6.07, 6.45) is 8.21. The molecule has 1 atom stereocenters. The number of halogens is 2. The highest BCUT2D eigenvalue weighted by molar-refractivity contribution is 5.45. The zero-order valence-electron chi connectivity index (χ0n) is 12.9. The summed E-state index contributed by atoms with van der Waals surface area (Å²) < 4.78 is 27.9. The molecule has 4 heteroatoms. The second-order valence-electron chi connectivity index (χ2n) is 5.72. The molecule has 1 heterocycles. The number of pyridine rings is 1. The summed E-state index contributed by atoms with van der Waals surface area (Å²) in [6.45, 7) is 3.51. The molecule has 0 spiro atoms. The molecule has 1 aliphatic rings. The molecule has 2 rings (SSSR count). The van der Waals surface area contributed by atoms with Gasteiger partial charge in [-0.2, -0.15) is 0 Å². The van der Waals surface area contributed by atoms with E-state index in [0.717, 1.165) is 11.1 Å². The van der Waals surface area contributed by atoms with Gasteiger partial charge in [0.25, 0.3) is 0 Å². The van der Waals surface area contributed by atoms with E-state index in [9.17, 15) is 8.78 Å². The molecule has 0 aromatic carbocycles. The number of terminal acetylenes is 1. The minimum Gasteiger partial charge on any atom is -0.383 e. The van der Waals surface area contributed by atoms with Crippen LogP contribution in [-0.2, 0) is 12.8 Å². The van der Waals surface area contributed by atoms with Crippen LogP contribution < -0.4 is 5.73 Å². The van der Waals surface area contributed by atoms with Crippen molar-refractivity contribution in [3.05, 3.63) is 46.2 Å². The molecular weight excluding hydrogens is 282 g/mol. The number of hydrogen-bond donors (Lipinski definition) is 1. The molecule has 1 aromatic heterocycles. The molecule has 0 bridgehead atoms. The highest BCUT2D eigenvalue weighted by atomic mass is 19.1. The predicted molar refractivity (Wildman–Crippen MR) is 85.2 cm³/mol. The molecule has 1 aromatic rings. The quantitative estimate of drug-likeness (QED) is 0.843. The molecule has 1 aliphatic carbocycles. The standard InChI is InChI=1S/C18H20F2N2/c1-4-5-13-9-14(18(21)22-10-13)8-11(2)17-12(3)15(19)6-7-16(17)20/h1,9-11H,5-8H2,2-3H3,(H2,21,22). The van der Waals surface area contributed by atoms with Gasteiger partial charge >= 0.3 is 0 Å². The van der Waals surface area contributed by atoms with Crippen molar-refractivity contribution in [2.75, 3.05) is 5.73 Å². The Kier molecular flexibility index (Phi) is 4.97. The maximum Gasteiger partial charge on any atom is 0.126 e. The summed E-state index contributed by atoms with van der Waals surface area (Å²) >= 11 is 0. The topological polar surface area (TPSA) is 38.9 Å². The van der Waals surface area contributed by atoms with E-state index < -0.39 is 0 Å². The SMILES string of the molecule is C#CCc1cnc(N)c(CC(C)C2=C(F)CCC(F)=C2C)c1. The fraction of sp³-hybridized carbons (Fsp3) is 0.389. The average molecular weight is 302 g/mol. The lowest BCUT2D eigenvalue weighted by atomic mass is 9.84. The third-order valence-corrected chi connectivity index (χ3v) is 4.05. The Bertz CT molecular complexity index is 681. The Morgan fingerprint density at radius 3 is 2.73 bits per heavy atom. The number of anilines is 1. The van der Waals surface area contributed by atoms with Crippen molar-refractivity contribution in [3.63, 3.8) is 0 Å². The van der Waals surface area contributed by atoms with Gasteiger partial charge in [0.2, 0.25) is 0 Å². The van der Waals surface area contributed by atoms with Crippen LogP contribution in [0.4, 0.5) is 14.6 Å². The van der Waals surface area contributed by atoms with Gasteiger partial charge in [-0.25, -0.2) is 13.8 Å². The Morgan fingerprint density at radius 2 is 2.05 bits per heavy atom. The Labute approximate surface area is 130 Å². The van der Waals surface area contributed by atoms with Crippen LogP contribution in [0.1, 0.15) is 37.8 Å². The average Bonchev–Trinajstić information content (AvgIpc) is 2.47. The maximum atomic E-state index is 14.1. The summed E-state index contributed by atoms with van der Waals surface area (Å²) in [5.41, 5.74) is 8.50. The first-order valence-electron chi connectivity index (χ1n) is 7.35. The van der Waals surface area contributed by atoms with Crippen LogP contribution in [0.2, 0.25) is 0 Å². The molecule has 1 unspecified atom stereocenters. The monoisotopic (exact) mass is 302 g/mol. The lowest BCUT2D eigenvalue weighted by Crippen LogP contribution is -2.12. The summed E-state index contributed by atoms with van der Waals surface area (Å²) in [5, 5.41) is 0. The second-order valence-corrected chi connectivity index (χ2v) is 5.72. The van der Waals surface area contributed by atoms with E-state index in [2.05, 4.69) is 10.9 Å². The fourth-order valence-electron chi connectivity index (χ4n) is 2.91.